The van der Waals surface area contributed by atoms with Crippen molar-refractivity contribution in [2.75, 3.05) is 30.5 Å². The smallest absolute Gasteiger partial charge is 0.355 e. The second-order valence-corrected chi connectivity index (χ2v) is 11.5. The summed E-state index contributed by atoms with van der Waals surface area (Å²) in [6.45, 7) is 6.96. The molecule has 0 aromatic carbocycles. The molecule has 2 atom stereocenters. The number of nitrogens with one attached hydrogen (secondary N) is 3. The van der Waals surface area contributed by atoms with Crippen LogP contribution in [0.25, 0.3) is 0 Å². The number of thioether (sulfide) groups is 2. The van der Waals surface area contributed by atoms with Crippen LogP contribution >= 0.6 is 23.5 Å². The molecular formula is C23H32N6O7S2. The van der Waals surface area contributed by atoms with E-state index in [1.54, 1.807) is 33.2 Å². The first kappa shape index (κ1) is 29.4. The van der Waals surface area contributed by atoms with Crippen LogP contribution in [0, 0.1) is 10.1 Å². The van der Waals surface area contributed by atoms with E-state index in [1.807, 2.05) is 0 Å². The maximum absolute atomic E-state index is 13.1. The van der Waals surface area contributed by atoms with Crippen LogP contribution in [0.4, 0.5) is 5.95 Å². The van der Waals surface area contributed by atoms with Gasteiger partial charge in [-0.25, -0.2) is 9.78 Å². The van der Waals surface area contributed by atoms with Crippen LogP contribution in [0.3, 0.4) is 0 Å². The quantitative estimate of drug-likeness (QED) is 0.111. The summed E-state index contributed by atoms with van der Waals surface area (Å²) >= 11 is 2.72. The molecule has 2 aliphatic rings. The monoisotopic (exact) mass is 568 g/mol. The van der Waals surface area contributed by atoms with Crippen LogP contribution in [0.1, 0.15) is 39.8 Å². The number of hydrogen-bond acceptors (Lipinski definition) is 12. The number of ether oxygens (including phenoxy) is 2. The Kier molecular flexibility index (Phi) is 9.71. The highest BCUT2D eigenvalue weighted by atomic mass is 32.2. The van der Waals surface area contributed by atoms with E-state index in [-0.39, 0.29) is 23.6 Å². The molecule has 0 spiro atoms. The van der Waals surface area contributed by atoms with Gasteiger partial charge in [0.25, 0.3) is 12.1 Å². The topological polar surface area (TPSA) is 169 Å². The van der Waals surface area contributed by atoms with Gasteiger partial charge in [-0.2, -0.15) is 0 Å². The van der Waals surface area contributed by atoms with Crippen LogP contribution in [0.2, 0.25) is 0 Å². The minimum Gasteiger partial charge on any atom is -0.461 e. The average Bonchev–Trinajstić information content (AvgIpc) is 3.28. The normalized spacial score (nSPS) is 19.4. The van der Waals surface area contributed by atoms with Gasteiger partial charge in [0.05, 0.1) is 11.1 Å². The molecule has 208 valence electrons. The number of aromatic nitrogens is 2. The molecule has 1 aromatic rings. The SMILES string of the molecule is CS/C(=C\[N+](=O)[O-])NCCCc1cnc(NC2C(=O)N3C(C(=O)OC(C)(C)C)=C(COC(C)=O)CS[C@H]23)[nH]1. The number of esters is 2. The molecule has 15 heteroatoms. The van der Waals surface area contributed by atoms with Crippen molar-refractivity contribution in [3.05, 3.63) is 44.5 Å². The fourth-order valence-corrected chi connectivity index (χ4v) is 5.53. The van der Waals surface area contributed by atoms with Crippen LogP contribution in [0.5, 0.6) is 0 Å². The second kappa shape index (κ2) is 12.6. The van der Waals surface area contributed by atoms with Crippen molar-refractivity contribution in [1.29, 1.82) is 0 Å². The molecule has 3 heterocycles. The molecule has 1 amide bonds. The van der Waals surface area contributed by atoms with Crippen molar-refractivity contribution in [2.45, 2.75) is 57.6 Å². The van der Waals surface area contributed by atoms with Crippen LogP contribution in [-0.4, -0.2) is 79.8 Å². The van der Waals surface area contributed by atoms with Crippen molar-refractivity contribution in [3.8, 4) is 0 Å². The van der Waals surface area contributed by atoms with Gasteiger partial charge >= 0.3 is 11.9 Å². The lowest BCUT2D eigenvalue weighted by molar-refractivity contribution is -0.403. The lowest BCUT2D eigenvalue weighted by Gasteiger charge is -2.49. The van der Waals surface area contributed by atoms with E-state index in [4.69, 9.17) is 9.47 Å². The third-order valence-corrected chi connectivity index (χ3v) is 7.40. The maximum Gasteiger partial charge on any atom is 0.355 e. The summed E-state index contributed by atoms with van der Waals surface area (Å²) in [7, 11) is 0. The van der Waals surface area contributed by atoms with Gasteiger partial charge in [0.2, 0.25) is 5.95 Å². The number of carbonyl (C=O) groups excluding carboxylic acids is 3. The van der Waals surface area contributed by atoms with Gasteiger partial charge in [-0.05, 0) is 39.9 Å². The van der Waals surface area contributed by atoms with Gasteiger partial charge in [0.15, 0.2) is 0 Å². The van der Waals surface area contributed by atoms with Crippen molar-refractivity contribution >= 4 is 47.3 Å². The van der Waals surface area contributed by atoms with E-state index in [0.717, 1.165) is 11.9 Å². The lowest BCUT2D eigenvalue weighted by Crippen LogP contribution is -2.68. The summed E-state index contributed by atoms with van der Waals surface area (Å²) < 4.78 is 10.6. The largest absolute Gasteiger partial charge is 0.461 e. The highest BCUT2D eigenvalue weighted by Crippen LogP contribution is 2.42. The van der Waals surface area contributed by atoms with Crippen molar-refractivity contribution in [2.24, 2.45) is 0 Å². The molecule has 0 aliphatic carbocycles. The average molecular weight is 569 g/mol. The van der Waals surface area contributed by atoms with Gasteiger partial charge in [0, 0.05) is 30.5 Å². The summed E-state index contributed by atoms with van der Waals surface area (Å²) in [5.74, 6) is -0.604. The van der Waals surface area contributed by atoms with Gasteiger partial charge in [-0.3, -0.25) is 24.6 Å². The fraction of sp³-hybridized carbons (Fsp3) is 0.565. The molecule has 1 unspecified atom stereocenters. The number of β-lactam (4-membered cyclic amide) rings is 1. The molecule has 0 bridgehead atoms. The zero-order valence-electron chi connectivity index (χ0n) is 21.9. The summed E-state index contributed by atoms with van der Waals surface area (Å²) in [5.41, 5.74) is 0.726. The fourth-order valence-electron chi connectivity index (χ4n) is 3.76. The minimum absolute atomic E-state index is 0.0951. The van der Waals surface area contributed by atoms with Crippen LogP contribution in [-0.2, 0) is 30.3 Å². The third-order valence-electron chi connectivity index (χ3n) is 5.37. The van der Waals surface area contributed by atoms with E-state index in [0.29, 0.717) is 41.7 Å². The summed E-state index contributed by atoms with van der Waals surface area (Å²) in [6, 6.07) is -0.607. The Morgan fingerprint density at radius 1 is 1.42 bits per heavy atom. The van der Waals surface area contributed by atoms with Crippen molar-refractivity contribution < 1.29 is 28.8 Å². The maximum atomic E-state index is 13.1. The zero-order chi connectivity index (χ0) is 28.0. The molecule has 3 N–H and O–H groups in total. The van der Waals surface area contributed by atoms with Gasteiger partial charge < -0.3 is 25.1 Å². The first-order valence-corrected chi connectivity index (χ1v) is 14.1. The molecule has 3 rings (SSSR count). The second-order valence-electron chi connectivity index (χ2n) is 9.54. The number of hydrogen-bond donors (Lipinski definition) is 3. The van der Waals surface area contributed by atoms with Crippen LogP contribution < -0.4 is 10.6 Å². The van der Waals surface area contributed by atoms with E-state index in [9.17, 15) is 24.5 Å². The highest BCUT2D eigenvalue weighted by Gasteiger charge is 2.54. The number of amides is 1. The highest BCUT2D eigenvalue weighted by molar-refractivity contribution is 8.02. The molecule has 0 saturated carbocycles. The first-order chi connectivity index (χ1) is 17.9. The number of H-pyrrole nitrogens is 1. The van der Waals surface area contributed by atoms with Gasteiger partial charge in [-0.15, -0.1) is 23.5 Å². The predicted octanol–water partition coefficient (Wildman–Crippen LogP) is 2.22. The minimum atomic E-state index is -0.762. The Hall–Kier alpha value is -3.20. The molecule has 0 radical (unpaired) electrons. The third kappa shape index (κ3) is 7.66. The number of imidazole rings is 1. The number of fused-ring (bicyclic) bond motifs is 1. The number of aryl methyl sites for hydroxylation is 1. The number of rotatable bonds is 12. The van der Waals surface area contributed by atoms with E-state index in [1.165, 1.54) is 35.3 Å². The molecule has 38 heavy (non-hydrogen) atoms. The number of aromatic amines is 1. The summed E-state index contributed by atoms with van der Waals surface area (Å²) in [5, 5.41) is 16.9. The predicted molar refractivity (Wildman–Crippen MR) is 144 cm³/mol. The van der Waals surface area contributed by atoms with Crippen LogP contribution in [0.15, 0.2) is 28.7 Å². The first-order valence-electron chi connectivity index (χ1n) is 11.9. The van der Waals surface area contributed by atoms with E-state index in [2.05, 4.69) is 20.6 Å². The summed E-state index contributed by atoms with van der Waals surface area (Å²) in [4.78, 5) is 56.5. The van der Waals surface area contributed by atoms with Gasteiger partial charge in [0.1, 0.15) is 34.3 Å². The Labute approximate surface area is 228 Å². The number of carbonyl (C=O) groups is 3. The lowest BCUT2D eigenvalue weighted by atomic mass is 10.0. The van der Waals surface area contributed by atoms with E-state index >= 15 is 0 Å². The molecule has 1 aromatic heterocycles. The Morgan fingerprint density at radius 2 is 2.16 bits per heavy atom. The Balaban J connectivity index is 1.62. The molecule has 1 fully saturated rings. The summed E-state index contributed by atoms with van der Waals surface area (Å²) in [6.07, 6.45) is 5.73. The molecule has 13 nitrogen and oxygen atoms in total. The van der Waals surface area contributed by atoms with Crippen molar-refractivity contribution in [3.63, 3.8) is 0 Å². The molecule has 2 aliphatic heterocycles. The van der Waals surface area contributed by atoms with Gasteiger partial charge in [-0.1, -0.05) is 0 Å². The van der Waals surface area contributed by atoms with E-state index < -0.39 is 28.5 Å². The number of nitro groups is 1. The Morgan fingerprint density at radius 3 is 2.79 bits per heavy atom. The zero-order valence-corrected chi connectivity index (χ0v) is 23.5. The molecule has 1 saturated heterocycles. The molecular weight excluding hydrogens is 536 g/mol. The van der Waals surface area contributed by atoms with Crippen molar-refractivity contribution in [1.82, 2.24) is 20.2 Å². The standard InChI is InChI=1S/C23H32N6O7S2/c1-13(30)35-11-14-12-38-20-17(19(31)29(20)18(14)21(32)36-23(2,3)4)27-22-25-9-15(26-22)7-6-8-24-16(37-5)10-28(33)34/h9-10,17,20,24H,6-8,11-12H2,1-5H3,(H2,25,26,27)/b16-10-/t17?,20-/m1/s1. The Bertz CT molecular complexity index is 1140. The number of nitrogens with zero attached hydrogens (tertiary/aromatic N) is 3. The number of anilines is 1.